The summed E-state index contributed by atoms with van der Waals surface area (Å²) in [5.74, 6) is 1.91. The minimum absolute atomic E-state index is 0.0107. The Bertz CT molecular complexity index is 923. The van der Waals surface area contributed by atoms with Crippen LogP contribution in [0.3, 0.4) is 0 Å². The van der Waals surface area contributed by atoms with Gasteiger partial charge in [-0.2, -0.15) is 0 Å². The molecule has 0 aromatic carbocycles. The maximum atomic E-state index is 12.8. The number of thiazole rings is 1. The first kappa shape index (κ1) is 17.5. The number of hydrogen-bond donors (Lipinski definition) is 0. The lowest BCUT2D eigenvalue weighted by molar-refractivity contribution is -0.144. The van der Waals surface area contributed by atoms with E-state index in [1.807, 2.05) is 24.0 Å². The van der Waals surface area contributed by atoms with Crippen LogP contribution in [0.2, 0.25) is 0 Å². The van der Waals surface area contributed by atoms with Crippen molar-refractivity contribution in [1.29, 1.82) is 0 Å². The summed E-state index contributed by atoms with van der Waals surface area (Å²) < 4.78 is 6.74. The van der Waals surface area contributed by atoms with E-state index in [0.29, 0.717) is 17.8 Å². The summed E-state index contributed by atoms with van der Waals surface area (Å²) in [6.07, 6.45) is 7.65. The molecule has 5 atom stereocenters. The zero-order chi connectivity index (χ0) is 18.5. The fraction of sp³-hybridized carbons (Fsp3) is 0.550. The molecule has 2 aliphatic carbocycles. The highest BCUT2D eigenvalue weighted by Crippen LogP contribution is 2.63. The molecule has 0 radical (unpaired) electrons. The van der Waals surface area contributed by atoms with E-state index < -0.39 is 0 Å². The van der Waals surface area contributed by atoms with Crippen LogP contribution < -0.4 is 4.87 Å². The fourth-order valence-electron chi connectivity index (χ4n) is 5.36. The number of thioether (sulfide) groups is 1. The van der Waals surface area contributed by atoms with Gasteiger partial charge < -0.3 is 4.74 Å². The first-order chi connectivity index (χ1) is 13.2. The standard InChI is InChI=1S/C20H22N2O3S2/c1-2-25-14(23)10-22-19-18(27-20(22)24)16(13-4-3-7-21-9-13)15-11-5-6-12(8-11)17(15)26-19/h3-4,7,9,11-12,15-17H,2,5-6,8,10H2,1H3/t11-,12-,15-,16-,17+/m0/s1. The fourth-order valence-corrected chi connectivity index (χ4v) is 8.51. The molecule has 0 unspecified atom stereocenters. The van der Waals surface area contributed by atoms with Gasteiger partial charge in [0.2, 0.25) is 0 Å². The Morgan fingerprint density at radius 2 is 2.22 bits per heavy atom. The highest BCUT2D eigenvalue weighted by atomic mass is 32.2. The number of nitrogens with zero attached hydrogens (tertiary/aromatic N) is 2. The normalized spacial score (nSPS) is 30.8. The SMILES string of the molecule is CCOC(=O)Cn1c2c(sc1=O)[C@@H](c1cccnc1)[C@@H]1[C@H]3CC[C@@H](C3)[C@H]1S2. The molecule has 142 valence electrons. The number of hydrogen-bond acceptors (Lipinski definition) is 6. The molecule has 27 heavy (non-hydrogen) atoms. The molecule has 2 aromatic rings. The monoisotopic (exact) mass is 402 g/mol. The van der Waals surface area contributed by atoms with Gasteiger partial charge in [-0.15, -0.1) is 11.8 Å². The number of pyridine rings is 1. The second-order valence-corrected chi connectivity index (χ2v) is 9.85. The first-order valence-corrected chi connectivity index (χ1v) is 11.3. The van der Waals surface area contributed by atoms with E-state index in [4.69, 9.17) is 4.74 Å². The molecular weight excluding hydrogens is 380 g/mol. The number of carbonyl (C=O) groups is 1. The van der Waals surface area contributed by atoms with Crippen LogP contribution in [0.4, 0.5) is 0 Å². The van der Waals surface area contributed by atoms with Crippen LogP contribution in [0.5, 0.6) is 0 Å². The molecule has 2 saturated carbocycles. The van der Waals surface area contributed by atoms with Crippen LogP contribution in [0, 0.1) is 17.8 Å². The highest BCUT2D eigenvalue weighted by molar-refractivity contribution is 8.00. The summed E-state index contributed by atoms with van der Waals surface area (Å²) in [5, 5.41) is 1.52. The maximum absolute atomic E-state index is 12.8. The van der Waals surface area contributed by atoms with Crippen molar-refractivity contribution in [3.8, 4) is 0 Å². The van der Waals surface area contributed by atoms with Crippen molar-refractivity contribution in [2.45, 2.75) is 48.9 Å². The Balaban J connectivity index is 1.61. The molecule has 5 nitrogen and oxygen atoms in total. The van der Waals surface area contributed by atoms with Crippen LogP contribution in [0.15, 0.2) is 34.3 Å². The molecule has 0 amide bonds. The Hall–Kier alpha value is -1.60. The van der Waals surface area contributed by atoms with Crippen LogP contribution in [0.1, 0.15) is 42.5 Å². The lowest BCUT2D eigenvalue weighted by Crippen LogP contribution is -2.34. The summed E-state index contributed by atoms with van der Waals surface area (Å²) in [4.78, 5) is 30.2. The predicted octanol–water partition coefficient (Wildman–Crippen LogP) is 3.52. The number of ether oxygens (including phenoxy) is 1. The lowest BCUT2D eigenvalue weighted by Gasteiger charge is -2.40. The maximum Gasteiger partial charge on any atom is 0.326 e. The van der Waals surface area contributed by atoms with Crippen molar-refractivity contribution in [1.82, 2.24) is 9.55 Å². The van der Waals surface area contributed by atoms with Crippen molar-refractivity contribution in [2.75, 3.05) is 6.61 Å². The van der Waals surface area contributed by atoms with Gasteiger partial charge in [-0.25, -0.2) is 0 Å². The van der Waals surface area contributed by atoms with E-state index in [0.717, 1.165) is 21.7 Å². The van der Waals surface area contributed by atoms with Crippen LogP contribution in [-0.4, -0.2) is 27.4 Å². The Kier molecular flexibility index (Phi) is 4.39. The van der Waals surface area contributed by atoms with E-state index in [9.17, 15) is 9.59 Å². The van der Waals surface area contributed by atoms with Crippen LogP contribution in [0.25, 0.3) is 0 Å². The van der Waals surface area contributed by atoms with Crippen LogP contribution in [-0.2, 0) is 16.1 Å². The molecule has 3 aliphatic rings. The third-order valence-electron chi connectivity index (χ3n) is 6.33. The number of esters is 1. The third kappa shape index (κ3) is 2.78. The molecule has 2 fully saturated rings. The molecular formula is C20H22N2O3S2. The zero-order valence-electron chi connectivity index (χ0n) is 15.2. The molecule has 5 rings (SSSR count). The average molecular weight is 403 g/mol. The molecule has 3 heterocycles. The summed E-state index contributed by atoms with van der Waals surface area (Å²) in [5.41, 5.74) is 1.20. The van der Waals surface area contributed by atoms with Crippen LogP contribution >= 0.6 is 23.1 Å². The topological polar surface area (TPSA) is 61.2 Å². The van der Waals surface area contributed by atoms with Crippen molar-refractivity contribution in [3.63, 3.8) is 0 Å². The largest absolute Gasteiger partial charge is 0.465 e. The minimum atomic E-state index is -0.339. The number of fused-ring (bicyclic) bond motifs is 6. The second-order valence-electron chi connectivity index (χ2n) is 7.69. The van der Waals surface area contributed by atoms with E-state index in [-0.39, 0.29) is 23.3 Å². The molecule has 2 bridgehead atoms. The summed E-state index contributed by atoms with van der Waals surface area (Å²) in [6.45, 7) is 2.13. The minimum Gasteiger partial charge on any atom is -0.465 e. The Morgan fingerprint density at radius 1 is 1.37 bits per heavy atom. The van der Waals surface area contributed by atoms with Gasteiger partial charge in [-0.05, 0) is 55.6 Å². The highest BCUT2D eigenvalue weighted by Gasteiger charge is 2.55. The summed E-state index contributed by atoms with van der Waals surface area (Å²) in [7, 11) is 0. The molecule has 1 aliphatic heterocycles. The van der Waals surface area contributed by atoms with E-state index in [2.05, 4.69) is 11.1 Å². The van der Waals surface area contributed by atoms with Gasteiger partial charge in [-0.3, -0.25) is 19.1 Å². The van der Waals surface area contributed by atoms with Gasteiger partial charge in [0.1, 0.15) is 6.54 Å². The van der Waals surface area contributed by atoms with E-state index in [1.165, 1.54) is 36.2 Å². The van der Waals surface area contributed by atoms with E-state index in [1.54, 1.807) is 17.7 Å². The average Bonchev–Trinajstić information content (AvgIpc) is 3.36. The van der Waals surface area contributed by atoms with Gasteiger partial charge in [-0.1, -0.05) is 17.4 Å². The number of carbonyl (C=O) groups excluding carboxylic acids is 1. The van der Waals surface area contributed by atoms with Gasteiger partial charge in [0.05, 0.1) is 11.6 Å². The predicted molar refractivity (Wildman–Crippen MR) is 105 cm³/mol. The molecule has 2 aromatic heterocycles. The van der Waals surface area contributed by atoms with E-state index >= 15 is 0 Å². The quantitative estimate of drug-likeness (QED) is 0.733. The van der Waals surface area contributed by atoms with Crippen molar-refractivity contribution < 1.29 is 9.53 Å². The zero-order valence-corrected chi connectivity index (χ0v) is 16.8. The van der Waals surface area contributed by atoms with Gasteiger partial charge in [0.15, 0.2) is 0 Å². The summed E-state index contributed by atoms with van der Waals surface area (Å²) in [6, 6.07) is 4.12. The molecule has 0 saturated heterocycles. The van der Waals surface area contributed by atoms with Gasteiger partial charge >= 0.3 is 10.8 Å². The van der Waals surface area contributed by atoms with Gasteiger partial charge in [0, 0.05) is 28.4 Å². The number of aromatic nitrogens is 2. The van der Waals surface area contributed by atoms with Crippen molar-refractivity contribution >= 4 is 29.1 Å². The van der Waals surface area contributed by atoms with Crippen molar-refractivity contribution in [3.05, 3.63) is 44.6 Å². The number of rotatable bonds is 4. The Morgan fingerprint density at radius 3 is 3.00 bits per heavy atom. The molecule has 0 N–H and O–H groups in total. The Labute approximate surface area is 166 Å². The summed E-state index contributed by atoms with van der Waals surface area (Å²) >= 11 is 3.15. The lowest BCUT2D eigenvalue weighted by atomic mass is 9.75. The third-order valence-corrected chi connectivity index (χ3v) is 9.15. The molecule has 7 heteroatoms. The molecule has 0 spiro atoms. The van der Waals surface area contributed by atoms with Gasteiger partial charge in [0.25, 0.3) is 0 Å². The second kappa shape index (κ2) is 6.78. The smallest absolute Gasteiger partial charge is 0.326 e. The van der Waals surface area contributed by atoms with Crippen molar-refractivity contribution in [2.24, 2.45) is 17.8 Å². The first-order valence-electron chi connectivity index (χ1n) is 9.63.